The number of aryl methyl sites for hydroxylation is 1. The fourth-order valence-electron chi connectivity index (χ4n) is 2.73. The Morgan fingerprint density at radius 2 is 1.95 bits per heavy atom. The molecule has 0 saturated heterocycles. The van der Waals surface area contributed by atoms with E-state index in [9.17, 15) is 9.18 Å². The first kappa shape index (κ1) is 13.6. The minimum atomic E-state index is -0.251. The molecule has 0 spiro atoms. The van der Waals surface area contributed by atoms with Crippen LogP contribution in [-0.4, -0.2) is 10.8 Å². The van der Waals surface area contributed by atoms with Gasteiger partial charge in [-0.05, 0) is 35.2 Å². The van der Waals surface area contributed by atoms with Crippen LogP contribution in [0.25, 0.3) is 0 Å². The summed E-state index contributed by atoms with van der Waals surface area (Å²) in [5.41, 5.74) is 9.39. The van der Waals surface area contributed by atoms with Crippen LogP contribution >= 0.6 is 0 Å². The summed E-state index contributed by atoms with van der Waals surface area (Å²) in [5.74, 6) is -0.215. The highest BCUT2D eigenvalue weighted by Crippen LogP contribution is 2.28. The summed E-state index contributed by atoms with van der Waals surface area (Å²) in [5, 5.41) is 0. The maximum atomic E-state index is 13.5. The number of carbonyl (C=O) groups is 1. The summed E-state index contributed by atoms with van der Waals surface area (Å²) in [6.45, 7) is 1.15. The van der Waals surface area contributed by atoms with Gasteiger partial charge in [0.05, 0.1) is 0 Å². The van der Waals surface area contributed by atoms with Crippen molar-refractivity contribution in [2.24, 2.45) is 0 Å². The number of rotatable bonds is 3. The number of nitrogens with two attached hydrogens (primary N) is 1. The van der Waals surface area contributed by atoms with Crippen molar-refractivity contribution in [2.75, 3.05) is 5.73 Å². The number of hydrogen-bond acceptors (Lipinski definition) is 2. The van der Waals surface area contributed by atoms with Gasteiger partial charge in [-0.25, -0.2) is 4.39 Å². The standard InChI is InChI=1S/C17H17FN2O/c18-15-6-2-1-4-12(15)8-9-17(21)20-10-13-5-3-7-16(19)14(13)11-20/h1-7H,8-11,19H2. The maximum Gasteiger partial charge on any atom is 0.223 e. The molecule has 21 heavy (non-hydrogen) atoms. The number of nitrogen functional groups attached to an aromatic ring is 1. The zero-order valence-electron chi connectivity index (χ0n) is 11.7. The Morgan fingerprint density at radius 1 is 1.14 bits per heavy atom. The molecule has 108 valence electrons. The van der Waals surface area contributed by atoms with Crippen molar-refractivity contribution >= 4 is 11.6 Å². The lowest BCUT2D eigenvalue weighted by molar-refractivity contribution is -0.131. The van der Waals surface area contributed by atoms with Gasteiger partial charge < -0.3 is 10.6 Å². The molecule has 2 aromatic carbocycles. The first-order valence-electron chi connectivity index (χ1n) is 7.02. The Balaban J connectivity index is 1.63. The van der Waals surface area contributed by atoms with Crippen LogP contribution in [0, 0.1) is 5.82 Å². The molecule has 0 radical (unpaired) electrons. The second-order valence-electron chi connectivity index (χ2n) is 5.33. The van der Waals surface area contributed by atoms with E-state index in [0.29, 0.717) is 31.5 Å². The van der Waals surface area contributed by atoms with Gasteiger partial charge in [0.1, 0.15) is 5.82 Å². The Bertz CT molecular complexity index is 684. The molecule has 1 amide bonds. The van der Waals surface area contributed by atoms with Crippen molar-refractivity contribution in [1.29, 1.82) is 0 Å². The molecule has 0 bridgehead atoms. The van der Waals surface area contributed by atoms with E-state index >= 15 is 0 Å². The molecule has 3 nitrogen and oxygen atoms in total. The van der Waals surface area contributed by atoms with E-state index in [1.807, 2.05) is 18.2 Å². The average Bonchev–Trinajstić information content (AvgIpc) is 2.92. The van der Waals surface area contributed by atoms with Gasteiger partial charge in [-0.1, -0.05) is 30.3 Å². The fraction of sp³-hybridized carbons (Fsp3) is 0.235. The minimum absolute atomic E-state index is 0.0360. The van der Waals surface area contributed by atoms with Crippen LogP contribution in [0.15, 0.2) is 42.5 Å². The smallest absolute Gasteiger partial charge is 0.223 e. The highest BCUT2D eigenvalue weighted by molar-refractivity contribution is 5.77. The molecular formula is C17H17FN2O. The van der Waals surface area contributed by atoms with E-state index in [1.54, 1.807) is 23.1 Å². The van der Waals surface area contributed by atoms with E-state index in [1.165, 1.54) is 6.07 Å². The van der Waals surface area contributed by atoms with E-state index in [2.05, 4.69) is 0 Å². The van der Waals surface area contributed by atoms with Gasteiger partial charge >= 0.3 is 0 Å². The number of fused-ring (bicyclic) bond motifs is 1. The lowest BCUT2D eigenvalue weighted by Gasteiger charge is -2.15. The van der Waals surface area contributed by atoms with Gasteiger partial charge in [0, 0.05) is 25.2 Å². The van der Waals surface area contributed by atoms with Crippen molar-refractivity contribution in [1.82, 2.24) is 4.90 Å². The van der Waals surface area contributed by atoms with Crippen molar-refractivity contribution in [3.63, 3.8) is 0 Å². The zero-order valence-corrected chi connectivity index (χ0v) is 11.7. The summed E-state index contributed by atoms with van der Waals surface area (Å²) < 4.78 is 13.5. The highest BCUT2D eigenvalue weighted by atomic mass is 19.1. The number of nitrogens with zero attached hydrogens (tertiary/aromatic N) is 1. The molecule has 0 atom stereocenters. The lowest BCUT2D eigenvalue weighted by Crippen LogP contribution is -2.25. The van der Waals surface area contributed by atoms with Crippen molar-refractivity contribution in [2.45, 2.75) is 25.9 Å². The van der Waals surface area contributed by atoms with Gasteiger partial charge in [0.25, 0.3) is 0 Å². The third-order valence-corrected chi connectivity index (χ3v) is 3.94. The second-order valence-corrected chi connectivity index (χ2v) is 5.33. The predicted molar refractivity (Wildman–Crippen MR) is 79.8 cm³/mol. The summed E-state index contributed by atoms with van der Waals surface area (Å²) >= 11 is 0. The van der Waals surface area contributed by atoms with E-state index in [-0.39, 0.29) is 11.7 Å². The first-order chi connectivity index (χ1) is 10.1. The lowest BCUT2D eigenvalue weighted by atomic mass is 10.1. The number of halogens is 1. The van der Waals surface area contributed by atoms with Crippen LogP contribution in [0.2, 0.25) is 0 Å². The topological polar surface area (TPSA) is 46.3 Å². The van der Waals surface area contributed by atoms with Gasteiger partial charge in [-0.15, -0.1) is 0 Å². The summed E-state index contributed by atoms with van der Waals surface area (Å²) in [6.07, 6.45) is 0.739. The summed E-state index contributed by atoms with van der Waals surface area (Å²) in [7, 11) is 0. The maximum absolute atomic E-state index is 13.5. The minimum Gasteiger partial charge on any atom is -0.398 e. The molecule has 1 aliphatic rings. The molecule has 2 aromatic rings. The average molecular weight is 284 g/mol. The molecule has 0 fully saturated rings. The first-order valence-corrected chi connectivity index (χ1v) is 7.02. The normalized spacial score (nSPS) is 13.3. The molecule has 1 heterocycles. The molecule has 0 aromatic heterocycles. The monoisotopic (exact) mass is 284 g/mol. The molecular weight excluding hydrogens is 267 g/mol. The van der Waals surface area contributed by atoms with E-state index < -0.39 is 0 Å². The number of carbonyl (C=O) groups excluding carboxylic acids is 1. The Kier molecular flexibility index (Phi) is 3.60. The number of benzene rings is 2. The molecule has 3 rings (SSSR count). The Hall–Kier alpha value is -2.36. The van der Waals surface area contributed by atoms with Crippen molar-refractivity contribution < 1.29 is 9.18 Å². The Labute approximate surface area is 123 Å². The van der Waals surface area contributed by atoms with Crippen molar-refractivity contribution in [3.05, 3.63) is 65.0 Å². The zero-order chi connectivity index (χ0) is 14.8. The molecule has 4 heteroatoms. The third-order valence-electron chi connectivity index (χ3n) is 3.94. The van der Waals surface area contributed by atoms with Crippen molar-refractivity contribution in [3.8, 4) is 0 Å². The SMILES string of the molecule is Nc1cccc2c1CN(C(=O)CCc1ccccc1F)C2. The molecule has 0 saturated carbocycles. The predicted octanol–water partition coefficient (Wildman–Crippen LogP) is 2.88. The van der Waals surface area contributed by atoms with Gasteiger partial charge in [-0.2, -0.15) is 0 Å². The fourth-order valence-corrected chi connectivity index (χ4v) is 2.73. The van der Waals surface area contributed by atoms with E-state index in [0.717, 1.165) is 16.8 Å². The highest BCUT2D eigenvalue weighted by Gasteiger charge is 2.24. The van der Waals surface area contributed by atoms with Gasteiger partial charge in [0.15, 0.2) is 0 Å². The number of hydrogen-bond donors (Lipinski definition) is 1. The van der Waals surface area contributed by atoms with Gasteiger partial charge in [0.2, 0.25) is 5.91 Å². The van der Waals surface area contributed by atoms with Gasteiger partial charge in [-0.3, -0.25) is 4.79 Å². The molecule has 0 unspecified atom stereocenters. The molecule has 2 N–H and O–H groups in total. The quantitative estimate of drug-likeness (QED) is 0.881. The van der Waals surface area contributed by atoms with Crippen LogP contribution < -0.4 is 5.73 Å². The van der Waals surface area contributed by atoms with Crippen LogP contribution in [0.1, 0.15) is 23.1 Å². The van der Waals surface area contributed by atoms with Crippen LogP contribution in [-0.2, 0) is 24.3 Å². The molecule has 0 aliphatic carbocycles. The van der Waals surface area contributed by atoms with Crippen LogP contribution in [0.3, 0.4) is 0 Å². The third kappa shape index (κ3) is 2.75. The molecule has 1 aliphatic heterocycles. The largest absolute Gasteiger partial charge is 0.398 e. The second kappa shape index (κ2) is 5.56. The summed E-state index contributed by atoms with van der Waals surface area (Å²) in [6, 6.07) is 12.3. The number of anilines is 1. The summed E-state index contributed by atoms with van der Waals surface area (Å²) in [4.78, 5) is 14.1. The van der Waals surface area contributed by atoms with Crippen LogP contribution in [0.4, 0.5) is 10.1 Å². The van der Waals surface area contributed by atoms with Crippen LogP contribution in [0.5, 0.6) is 0 Å². The van der Waals surface area contributed by atoms with E-state index in [4.69, 9.17) is 5.73 Å². The Morgan fingerprint density at radius 3 is 2.71 bits per heavy atom. The number of amides is 1.